The van der Waals surface area contributed by atoms with Gasteiger partial charge in [0.05, 0.1) is 20.8 Å². The minimum atomic E-state index is 0.301. The second kappa shape index (κ2) is 4.76. The first kappa shape index (κ1) is 11.9. The molecule has 2 rings (SSSR count). The van der Waals surface area contributed by atoms with Crippen molar-refractivity contribution in [3.05, 3.63) is 44.7 Å². The van der Waals surface area contributed by atoms with Crippen LogP contribution in [0.4, 0.5) is 0 Å². The first-order chi connectivity index (χ1) is 7.59. The van der Waals surface area contributed by atoms with Gasteiger partial charge in [0.2, 0.25) is 0 Å². The molecule has 0 aliphatic carbocycles. The summed E-state index contributed by atoms with van der Waals surface area (Å²) in [6, 6.07) is 4.99. The molecule has 0 saturated carbocycles. The number of aromatic nitrogens is 2. The van der Waals surface area contributed by atoms with Crippen molar-refractivity contribution in [2.75, 3.05) is 0 Å². The van der Waals surface area contributed by atoms with E-state index in [0.717, 1.165) is 0 Å². The predicted octanol–water partition coefficient (Wildman–Crippen LogP) is 4.76. The average molecular weight is 294 g/mol. The lowest BCUT2D eigenvalue weighted by Crippen LogP contribution is -1.87. The van der Waals surface area contributed by atoms with Crippen molar-refractivity contribution in [1.29, 1.82) is 0 Å². The Balaban J connectivity index is 2.61. The predicted molar refractivity (Wildman–Crippen MR) is 67.5 cm³/mol. The monoisotopic (exact) mass is 292 g/mol. The quantitative estimate of drug-likeness (QED) is 0.560. The van der Waals surface area contributed by atoms with Crippen LogP contribution in [0.25, 0.3) is 11.3 Å². The van der Waals surface area contributed by atoms with Crippen molar-refractivity contribution in [1.82, 2.24) is 9.97 Å². The number of hydrogen-bond donors (Lipinski definition) is 0. The van der Waals surface area contributed by atoms with Gasteiger partial charge in [-0.05, 0) is 12.1 Å². The molecule has 0 saturated heterocycles. The highest BCUT2D eigenvalue weighted by Crippen LogP contribution is 2.37. The van der Waals surface area contributed by atoms with Crippen molar-refractivity contribution in [2.45, 2.75) is 0 Å². The van der Waals surface area contributed by atoms with E-state index >= 15 is 0 Å². The zero-order valence-electron chi connectivity index (χ0n) is 7.72. The lowest BCUT2D eigenvalue weighted by atomic mass is 10.1. The molecule has 2 aromatic rings. The maximum Gasteiger partial charge on any atom is 0.133 e. The summed E-state index contributed by atoms with van der Waals surface area (Å²) in [7, 11) is 0. The van der Waals surface area contributed by atoms with Crippen molar-refractivity contribution in [3.63, 3.8) is 0 Å². The van der Waals surface area contributed by atoms with E-state index in [9.17, 15) is 0 Å². The van der Waals surface area contributed by atoms with Crippen LogP contribution in [0.5, 0.6) is 0 Å². The van der Waals surface area contributed by atoms with Crippen LogP contribution in [0.15, 0.2) is 24.5 Å². The van der Waals surface area contributed by atoms with Crippen LogP contribution < -0.4 is 0 Å². The highest BCUT2D eigenvalue weighted by Gasteiger charge is 2.11. The number of benzene rings is 1. The maximum absolute atomic E-state index is 6.07. The highest BCUT2D eigenvalue weighted by atomic mass is 35.5. The molecular weight excluding hydrogens is 290 g/mol. The molecule has 0 fully saturated rings. The maximum atomic E-state index is 6.07. The SMILES string of the molecule is Clc1cc(-c2ccc(Cl)c(Cl)c2Cl)ncn1. The summed E-state index contributed by atoms with van der Waals surface area (Å²) in [6.45, 7) is 0. The summed E-state index contributed by atoms with van der Waals surface area (Å²) in [5, 5.41) is 1.39. The van der Waals surface area contributed by atoms with Gasteiger partial charge in [-0.1, -0.05) is 46.4 Å². The van der Waals surface area contributed by atoms with Gasteiger partial charge in [-0.15, -0.1) is 0 Å². The molecule has 0 unspecified atom stereocenters. The standard InChI is InChI=1S/C10H4Cl4N2/c11-6-2-1-5(9(13)10(6)14)7-3-8(12)16-4-15-7/h1-4H. The van der Waals surface area contributed by atoms with Crippen LogP contribution in [0, 0.1) is 0 Å². The molecule has 1 aromatic heterocycles. The molecule has 0 amide bonds. The third-order valence-electron chi connectivity index (χ3n) is 1.94. The van der Waals surface area contributed by atoms with E-state index in [1.165, 1.54) is 6.33 Å². The topological polar surface area (TPSA) is 25.8 Å². The fourth-order valence-electron chi connectivity index (χ4n) is 1.20. The molecule has 0 bridgehead atoms. The summed E-state index contributed by atoms with van der Waals surface area (Å²) in [5.74, 6) is 0. The second-order valence-corrected chi connectivity index (χ2v) is 4.50. The lowest BCUT2D eigenvalue weighted by molar-refractivity contribution is 1.17. The number of halogens is 4. The van der Waals surface area contributed by atoms with Crippen LogP contribution >= 0.6 is 46.4 Å². The van der Waals surface area contributed by atoms with Crippen molar-refractivity contribution >= 4 is 46.4 Å². The third kappa shape index (κ3) is 2.25. The Labute approximate surface area is 112 Å². The Morgan fingerprint density at radius 1 is 0.875 bits per heavy atom. The van der Waals surface area contributed by atoms with Crippen LogP contribution in [-0.4, -0.2) is 9.97 Å². The minimum absolute atomic E-state index is 0.301. The number of hydrogen-bond acceptors (Lipinski definition) is 2. The Morgan fingerprint density at radius 3 is 2.31 bits per heavy atom. The van der Waals surface area contributed by atoms with Crippen molar-refractivity contribution in [2.24, 2.45) is 0 Å². The van der Waals surface area contributed by atoms with Crippen molar-refractivity contribution in [3.8, 4) is 11.3 Å². The summed E-state index contributed by atoms with van der Waals surface area (Å²) in [6.07, 6.45) is 1.36. The molecular formula is C10H4Cl4N2. The molecule has 0 atom stereocenters. The van der Waals surface area contributed by atoms with Crippen LogP contribution in [-0.2, 0) is 0 Å². The molecule has 16 heavy (non-hydrogen) atoms. The molecule has 0 spiro atoms. The molecule has 0 N–H and O–H groups in total. The average Bonchev–Trinajstić information content (AvgIpc) is 2.26. The zero-order chi connectivity index (χ0) is 11.7. The summed E-state index contributed by atoms with van der Waals surface area (Å²) in [5.41, 5.74) is 1.27. The first-order valence-electron chi connectivity index (χ1n) is 4.21. The molecule has 82 valence electrons. The van der Waals surface area contributed by atoms with Gasteiger partial charge in [-0.3, -0.25) is 0 Å². The molecule has 1 heterocycles. The second-order valence-electron chi connectivity index (χ2n) is 2.95. The number of rotatable bonds is 1. The molecule has 0 aliphatic rings. The highest BCUT2D eigenvalue weighted by molar-refractivity contribution is 6.49. The van der Waals surface area contributed by atoms with E-state index in [1.54, 1.807) is 18.2 Å². The first-order valence-corrected chi connectivity index (χ1v) is 5.72. The smallest absolute Gasteiger partial charge is 0.133 e. The summed E-state index contributed by atoms with van der Waals surface area (Å²) >= 11 is 23.6. The van der Waals surface area contributed by atoms with E-state index in [1.807, 2.05) is 0 Å². The Morgan fingerprint density at radius 2 is 1.62 bits per heavy atom. The third-order valence-corrected chi connectivity index (χ3v) is 3.45. The number of nitrogens with zero attached hydrogens (tertiary/aromatic N) is 2. The Bertz CT molecular complexity index is 542. The fraction of sp³-hybridized carbons (Fsp3) is 0. The van der Waals surface area contributed by atoms with E-state index < -0.39 is 0 Å². The lowest BCUT2D eigenvalue weighted by Gasteiger charge is -2.06. The van der Waals surface area contributed by atoms with Crippen molar-refractivity contribution < 1.29 is 0 Å². The molecule has 2 nitrogen and oxygen atoms in total. The minimum Gasteiger partial charge on any atom is -0.236 e. The summed E-state index contributed by atoms with van der Waals surface area (Å²) in [4.78, 5) is 7.85. The Kier molecular flexibility index (Phi) is 3.55. The van der Waals surface area contributed by atoms with Gasteiger partial charge in [0.1, 0.15) is 11.5 Å². The van der Waals surface area contributed by atoms with E-state index in [0.29, 0.717) is 31.5 Å². The molecule has 6 heteroatoms. The fourth-order valence-corrected chi connectivity index (χ4v) is 1.98. The molecule has 0 aliphatic heterocycles. The normalized spacial score (nSPS) is 10.5. The van der Waals surface area contributed by atoms with Gasteiger partial charge >= 0.3 is 0 Å². The van der Waals surface area contributed by atoms with Gasteiger partial charge in [-0.2, -0.15) is 0 Å². The molecule has 1 aromatic carbocycles. The zero-order valence-corrected chi connectivity index (χ0v) is 10.7. The van der Waals surface area contributed by atoms with Gasteiger partial charge in [0.25, 0.3) is 0 Å². The van der Waals surface area contributed by atoms with E-state index in [-0.39, 0.29) is 0 Å². The van der Waals surface area contributed by atoms with Crippen LogP contribution in [0.1, 0.15) is 0 Å². The van der Waals surface area contributed by atoms with Crippen LogP contribution in [0.3, 0.4) is 0 Å². The van der Waals surface area contributed by atoms with Gasteiger partial charge in [0, 0.05) is 11.6 Å². The van der Waals surface area contributed by atoms with E-state index in [4.69, 9.17) is 46.4 Å². The molecule has 0 radical (unpaired) electrons. The largest absolute Gasteiger partial charge is 0.236 e. The van der Waals surface area contributed by atoms with Gasteiger partial charge < -0.3 is 0 Å². The summed E-state index contributed by atoms with van der Waals surface area (Å²) < 4.78 is 0. The Hall–Kier alpha value is -0.540. The van der Waals surface area contributed by atoms with Gasteiger partial charge in [-0.25, -0.2) is 9.97 Å². The van der Waals surface area contributed by atoms with Gasteiger partial charge in [0.15, 0.2) is 0 Å². The van der Waals surface area contributed by atoms with Crippen LogP contribution in [0.2, 0.25) is 20.2 Å². The van der Waals surface area contributed by atoms with E-state index in [2.05, 4.69) is 9.97 Å².